The van der Waals surface area contributed by atoms with Crippen LogP contribution < -0.4 is 4.90 Å². The van der Waals surface area contributed by atoms with Crippen LogP contribution in [0.15, 0.2) is 6.07 Å². The number of carbonyl (C=O) groups is 1. The van der Waals surface area contributed by atoms with E-state index in [9.17, 15) is 4.79 Å². The molecule has 2 fully saturated rings. The van der Waals surface area contributed by atoms with Crippen LogP contribution >= 0.6 is 0 Å². The number of anilines is 1. The van der Waals surface area contributed by atoms with Crippen molar-refractivity contribution in [3.05, 3.63) is 22.9 Å². The lowest BCUT2D eigenvalue weighted by atomic mass is 9.98. The average Bonchev–Trinajstić information content (AvgIpc) is 3.40. The number of amides is 1. The number of hydrogen-bond donors (Lipinski definition) is 0. The van der Waals surface area contributed by atoms with E-state index in [1.54, 1.807) is 0 Å². The van der Waals surface area contributed by atoms with Gasteiger partial charge in [0.15, 0.2) is 0 Å². The lowest BCUT2D eigenvalue weighted by Gasteiger charge is -2.43. The number of methoxy groups -OCH3 is 1. The van der Waals surface area contributed by atoms with Crippen LogP contribution in [0.4, 0.5) is 10.6 Å². The summed E-state index contributed by atoms with van der Waals surface area (Å²) in [5.74, 6) is 1.74. The van der Waals surface area contributed by atoms with Crippen LogP contribution in [0.2, 0.25) is 0 Å². The molecule has 3 heterocycles. The van der Waals surface area contributed by atoms with E-state index in [0.717, 1.165) is 24.4 Å². The van der Waals surface area contributed by atoms with Gasteiger partial charge in [-0.3, -0.25) is 0 Å². The maximum absolute atomic E-state index is 12.6. The highest BCUT2D eigenvalue weighted by Gasteiger charge is 2.43. The first-order valence-corrected chi connectivity index (χ1v) is 11.0. The summed E-state index contributed by atoms with van der Waals surface area (Å²) in [6, 6.07) is 2.82. The molecule has 1 saturated carbocycles. The van der Waals surface area contributed by atoms with E-state index in [-0.39, 0.29) is 24.3 Å². The third-order valence-corrected chi connectivity index (χ3v) is 6.27. The van der Waals surface area contributed by atoms with Crippen molar-refractivity contribution in [2.75, 3.05) is 25.1 Å². The van der Waals surface area contributed by atoms with E-state index in [1.807, 2.05) is 32.8 Å². The lowest BCUT2D eigenvalue weighted by molar-refractivity contribution is 0.0191. The highest BCUT2D eigenvalue weighted by atomic mass is 16.6. The predicted octanol–water partition coefficient (Wildman–Crippen LogP) is 4.11. The van der Waals surface area contributed by atoms with E-state index in [1.165, 1.54) is 24.0 Å². The Hall–Kier alpha value is -1.82. The molecule has 1 aromatic rings. The molecule has 29 heavy (non-hydrogen) atoms. The number of ether oxygens (including phenoxy) is 2. The first-order valence-electron chi connectivity index (χ1n) is 11.0. The smallest absolute Gasteiger partial charge is 0.410 e. The Morgan fingerprint density at radius 3 is 2.62 bits per heavy atom. The SMILES string of the molecule is CCc1nc2c(cc1C(OC)C1CC1)C[C@@H]1CN(C(=O)OC(C)(C)C)C[C@@H](C)N21. The molecular formula is C23H35N3O3. The zero-order valence-electron chi connectivity index (χ0n) is 18.7. The third-order valence-electron chi connectivity index (χ3n) is 6.27. The molecule has 1 aliphatic carbocycles. The minimum Gasteiger partial charge on any atom is -0.444 e. The largest absolute Gasteiger partial charge is 0.444 e. The van der Waals surface area contributed by atoms with Gasteiger partial charge in [-0.2, -0.15) is 0 Å². The highest BCUT2D eigenvalue weighted by Crippen LogP contribution is 2.46. The average molecular weight is 402 g/mol. The van der Waals surface area contributed by atoms with Gasteiger partial charge in [0.1, 0.15) is 11.4 Å². The molecule has 4 rings (SSSR count). The fraction of sp³-hybridized carbons (Fsp3) is 0.739. The molecule has 0 aromatic carbocycles. The van der Waals surface area contributed by atoms with Crippen molar-refractivity contribution in [1.29, 1.82) is 0 Å². The quantitative estimate of drug-likeness (QED) is 0.760. The van der Waals surface area contributed by atoms with Crippen molar-refractivity contribution in [3.63, 3.8) is 0 Å². The Morgan fingerprint density at radius 2 is 2.03 bits per heavy atom. The van der Waals surface area contributed by atoms with E-state index in [2.05, 4.69) is 24.8 Å². The number of rotatable bonds is 4. The van der Waals surface area contributed by atoms with Gasteiger partial charge < -0.3 is 19.3 Å². The number of carbonyl (C=O) groups excluding carboxylic acids is 1. The molecule has 2 aliphatic heterocycles. The fourth-order valence-electron chi connectivity index (χ4n) is 4.93. The van der Waals surface area contributed by atoms with Gasteiger partial charge in [0.2, 0.25) is 0 Å². The minimum atomic E-state index is -0.472. The summed E-state index contributed by atoms with van der Waals surface area (Å²) in [7, 11) is 1.82. The second kappa shape index (κ2) is 7.46. The van der Waals surface area contributed by atoms with Gasteiger partial charge in [-0.05, 0) is 70.9 Å². The molecule has 0 N–H and O–H groups in total. The topological polar surface area (TPSA) is 54.9 Å². The van der Waals surface area contributed by atoms with Crippen molar-refractivity contribution in [2.24, 2.45) is 5.92 Å². The summed E-state index contributed by atoms with van der Waals surface area (Å²) in [5.41, 5.74) is 3.25. The zero-order valence-corrected chi connectivity index (χ0v) is 18.7. The molecule has 3 aliphatic rings. The molecule has 6 heteroatoms. The molecule has 3 atom stereocenters. The van der Waals surface area contributed by atoms with E-state index < -0.39 is 5.60 Å². The highest BCUT2D eigenvalue weighted by molar-refractivity contribution is 5.69. The lowest BCUT2D eigenvalue weighted by Crippen LogP contribution is -2.58. The zero-order chi connectivity index (χ0) is 20.9. The molecule has 1 amide bonds. The normalized spacial score (nSPS) is 24.9. The second-order valence-corrected chi connectivity index (χ2v) is 9.85. The van der Waals surface area contributed by atoms with Crippen molar-refractivity contribution < 1.29 is 14.3 Å². The van der Waals surface area contributed by atoms with Crippen LogP contribution in [0.25, 0.3) is 0 Å². The molecule has 6 nitrogen and oxygen atoms in total. The summed E-state index contributed by atoms with van der Waals surface area (Å²) in [6.45, 7) is 11.5. The number of pyridine rings is 1. The Balaban J connectivity index is 1.59. The molecule has 1 saturated heterocycles. The summed E-state index contributed by atoms with van der Waals surface area (Å²) >= 11 is 0. The predicted molar refractivity (Wildman–Crippen MR) is 113 cm³/mol. The maximum Gasteiger partial charge on any atom is 0.410 e. The second-order valence-electron chi connectivity index (χ2n) is 9.85. The molecule has 1 unspecified atom stereocenters. The molecule has 160 valence electrons. The van der Waals surface area contributed by atoms with Gasteiger partial charge in [0.05, 0.1) is 12.1 Å². The molecule has 0 spiro atoms. The number of hydrogen-bond acceptors (Lipinski definition) is 5. The van der Waals surface area contributed by atoms with Crippen LogP contribution in [-0.2, 0) is 22.3 Å². The summed E-state index contributed by atoms with van der Waals surface area (Å²) < 4.78 is 11.5. The van der Waals surface area contributed by atoms with E-state index in [0.29, 0.717) is 19.0 Å². The van der Waals surface area contributed by atoms with Crippen LogP contribution in [0.5, 0.6) is 0 Å². The van der Waals surface area contributed by atoms with Gasteiger partial charge >= 0.3 is 6.09 Å². The summed E-state index contributed by atoms with van der Waals surface area (Å²) in [4.78, 5) is 22.1. The molecule has 0 radical (unpaired) electrons. The van der Waals surface area contributed by atoms with Crippen molar-refractivity contribution >= 4 is 11.9 Å². The fourth-order valence-corrected chi connectivity index (χ4v) is 4.93. The van der Waals surface area contributed by atoms with Crippen LogP contribution in [0.1, 0.15) is 70.4 Å². The number of aromatic nitrogens is 1. The first kappa shape index (κ1) is 20.5. The summed E-state index contributed by atoms with van der Waals surface area (Å²) in [5, 5.41) is 0. The van der Waals surface area contributed by atoms with Gasteiger partial charge in [-0.15, -0.1) is 0 Å². The molecule has 0 bridgehead atoms. The van der Waals surface area contributed by atoms with Crippen molar-refractivity contribution in [2.45, 2.75) is 84.1 Å². The van der Waals surface area contributed by atoms with Gasteiger partial charge in [0.25, 0.3) is 0 Å². The number of fused-ring (bicyclic) bond motifs is 3. The van der Waals surface area contributed by atoms with Crippen LogP contribution in [0, 0.1) is 5.92 Å². The monoisotopic (exact) mass is 401 g/mol. The summed E-state index contributed by atoms with van der Waals surface area (Å²) in [6.07, 6.45) is 4.27. The number of piperazine rings is 1. The van der Waals surface area contributed by atoms with Crippen LogP contribution in [0.3, 0.4) is 0 Å². The first-order chi connectivity index (χ1) is 13.7. The Bertz CT molecular complexity index is 784. The Kier molecular flexibility index (Phi) is 5.26. The Morgan fingerprint density at radius 1 is 1.31 bits per heavy atom. The molecular weight excluding hydrogens is 366 g/mol. The van der Waals surface area contributed by atoms with Gasteiger partial charge in [0, 0.05) is 37.5 Å². The van der Waals surface area contributed by atoms with Crippen LogP contribution in [-0.4, -0.2) is 53.9 Å². The number of nitrogens with zero attached hydrogens (tertiary/aromatic N) is 3. The third kappa shape index (κ3) is 3.96. The Labute approximate surface area is 174 Å². The standard InChI is InChI=1S/C23H35N3O3/c1-7-19-18(20(28-6)15-8-9-15)11-16-10-17-13-25(22(27)29-23(3,4)5)12-14(2)26(17)21(16)24-19/h11,14-15,17,20H,7-10,12-13H2,1-6H3/t14-,17-,20?/m1/s1. The van der Waals surface area contributed by atoms with Crippen molar-refractivity contribution in [1.82, 2.24) is 9.88 Å². The van der Waals surface area contributed by atoms with E-state index in [4.69, 9.17) is 14.5 Å². The van der Waals surface area contributed by atoms with Gasteiger partial charge in [-0.25, -0.2) is 9.78 Å². The van der Waals surface area contributed by atoms with Gasteiger partial charge in [-0.1, -0.05) is 6.92 Å². The maximum atomic E-state index is 12.6. The molecule has 1 aromatic heterocycles. The number of aryl methyl sites for hydroxylation is 1. The van der Waals surface area contributed by atoms with Crippen molar-refractivity contribution in [3.8, 4) is 0 Å². The minimum absolute atomic E-state index is 0.163. The van der Waals surface area contributed by atoms with E-state index >= 15 is 0 Å².